The van der Waals surface area contributed by atoms with Crippen LogP contribution in [-0.2, 0) is 26.2 Å². The first-order valence-electron chi connectivity index (χ1n) is 9.52. The number of carbonyl (C=O) groups excluding carboxylic acids is 1. The van der Waals surface area contributed by atoms with Gasteiger partial charge in [-0.2, -0.15) is 17.7 Å². The van der Waals surface area contributed by atoms with Gasteiger partial charge in [0.2, 0.25) is 12.3 Å². The zero-order chi connectivity index (χ0) is 21.3. The molecule has 0 amide bonds. The molecule has 0 fully saturated rings. The summed E-state index contributed by atoms with van der Waals surface area (Å²) in [5.41, 5.74) is 2.58. The van der Waals surface area contributed by atoms with Crippen molar-refractivity contribution in [2.45, 2.75) is 19.1 Å². The molecule has 2 aromatic heterocycles. The van der Waals surface area contributed by atoms with Crippen molar-refractivity contribution in [3.63, 3.8) is 0 Å². The van der Waals surface area contributed by atoms with Crippen LogP contribution in [0.25, 0.3) is 10.9 Å². The Labute approximate surface area is 172 Å². The van der Waals surface area contributed by atoms with Crippen molar-refractivity contribution in [3.8, 4) is 0 Å². The lowest BCUT2D eigenvalue weighted by Gasteiger charge is -2.07. The number of carbonyl (C=O) groups is 1. The molecule has 0 aliphatic carbocycles. The fourth-order valence-corrected chi connectivity index (χ4v) is 3.63. The van der Waals surface area contributed by atoms with Crippen LogP contribution in [-0.4, -0.2) is 10.4 Å². The number of hydrogen-bond acceptors (Lipinski definition) is 1. The van der Waals surface area contributed by atoms with E-state index >= 15 is 0 Å². The van der Waals surface area contributed by atoms with E-state index in [4.69, 9.17) is 0 Å². The first-order chi connectivity index (χ1) is 14.3. The van der Waals surface area contributed by atoms with Gasteiger partial charge in [-0.15, -0.1) is 0 Å². The van der Waals surface area contributed by atoms with E-state index in [1.165, 1.54) is 23.3 Å². The number of ketones is 1. The Morgan fingerprint density at radius 1 is 1.03 bits per heavy atom. The first-order valence-corrected chi connectivity index (χ1v) is 9.52. The van der Waals surface area contributed by atoms with Crippen LogP contribution in [0, 0.1) is 0 Å². The number of rotatable bonds is 5. The van der Waals surface area contributed by atoms with E-state index in [9.17, 15) is 18.0 Å². The van der Waals surface area contributed by atoms with Crippen LogP contribution in [0.5, 0.6) is 0 Å². The van der Waals surface area contributed by atoms with Crippen LogP contribution in [0.3, 0.4) is 0 Å². The normalized spacial score (nSPS) is 11.7. The monoisotopic (exact) mass is 409 g/mol. The van der Waals surface area contributed by atoms with Gasteiger partial charge >= 0.3 is 6.18 Å². The highest BCUT2D eigenvalue weighted by Crippen LogP contribution is 2.29. The van der Waals surface area contributed by atoms with Crippen molar-refractivity contribution in [2.75, 3.05) is 0 Å². The van der Waals surface area contributed by atoms with E-state index in [-0.39, 0.29) is 17.9 Å². The van der Waals surface area contributed by atoms with Gasteiger partial charge in [-0.3, -0.25) is 4.79 Å². The van der Waals surface area contributed by atoms with Crippen LogP contribution in [0.4, 0.5) is 13.2 Å². The summed E-state index contributed by atoms with van der Waals surface area (Å²) in [7, 11) is 1.94. The number of alkyl halides is 3. The molecule has 152 valence electrons. The van der Waals surface area contributed by atoms with Gasteiger partial charge < -0.3 is 4.57 Å². The van der Waals surface area contributed by atoms with Gasteiger partial charge in [-0.1, -0.05) is 42.5 Å². The predicted molar refractivity (Wildman–Crippen MR) is 108 cm³/mol. The van der Waals surface area contributed by atoms with E-state index in [1.54, 1.807) is 10.8 Å². The number of nitrogens with zero attached hydrogens (tertiary/aromatic N) is 2. The molecule has 0 spiro atoms. The van der Waals surface area contributed by atoms with Crippen LogP contribution in [0.15, 0.2) is 79.3 Å². The lowest BCUT2D eigenvalue weighted by molar-refractivity contribution is -0.682. The molecular formula is C24H20F3N2O+. The number of pyridine rings is 1. The number of halogens is 3. The predicted octanol–water partition coefficient (Wildman–Crippen LogP) is 4.96. The third kappa shape index (κ3) is 4.13. The number of aromatic nitrogens is 2. The third-order valence-electron chi connectivity index (χ3n) is 5.15. The summed E-state index contributed by atoms with van der Waals surface area (Å²) >= 11 is 0. The smallest absolute Gasteiger partial charge is 0.345 e. The lowest BCUT2D eigenvalue weighted by Crippen LogP contribution is -2.37. The summed E-state index contributed by atoms with van der Waals surface area (Å²) in [6.07, 6.45) is 2.04. The number of hydrogen-bond donors (Lipinski definition) is 0. The lowest BCUT2D eigenvalue weighted by atomic mass is 10.0. The summed E-state index contributed by atoms with van der Waals surface area (Å²) in [5, 5.41) is 1.09. The number of benzene rings is 2. The minimum Gasteiger partial charge on any atom is -0.345 e. The molecule has 2 heterocycles. The van der Waals surface area contributed by atoms with Crippen LogP contribution in [0.2, 0.25) is 0 Å². The second kappa shape index (κ2) is 7.78. The zero-order valence-electron chi connectivity index (χ0n) is 16.4. The van der Waals surface area contributed by atoms with Crippen LogP contribution in [0.1, 0.15) is 27.0 Å². The van der Waals surface area contributed by atoms with Gasteiger partial charge in [0.15, 0.2) is 12.4 Å². The van der Waals surface area contributed by atoms with Gasteiger partial charge in [0.25, 0.3) is 0 Å². The average Bonchev–Trinajstić information content (AvgIpc) is 3.03. The highest BCUT2D eigenvalue weighted by atomic mass is 19.4. The molecule has 6 heteroatoms. The Bertz CT molecular complexity index is 1210. The van der Waals surface area contributed by atoms with Crippen molar-refractivity contribution >= 4 is 16.7 Å². The molecule has 0 radical (unpaired) electrons. The molecule has 2 aromatic carbocycles. The Hall–Kier alpha value is -3.41. The largest absolute Gasteiger partial charge is 0.416 e. The van der Waals surface area contributed by atoms with Gasteiger partial charge in [-0.05, 0) is 29.7 Å². The van der Waals surface area contributed by atoms with E-state index in [2.05, 4.69) is 18.3 Å². The summed E-state index contributed by atoms with van der Waals surface area (Å²) in [6.45, 7) is -0.0313. The summed E-state index contributed by atoms with van der Waals surface area (Å²) in [5.74, 6) is -0.371. The molecule has 0 N–H and O–H groups in total. The summed E-state index contributed by atoms with van der Waals surface area (Å²) in [4.78, 5) is 12.6. The zero-order valence-corrected chi connectivity index (χ0v) is 16.4. The summed E-state index contributed by atoms with van der Waals surface area (Å²) in [6, 6.07) is 16.7. The second-order valence-corrected chi connectivity index (χ2v) is 7.35. The Kier molecular flexibility index (Phi) is 5.16. The maximum absolute atomic E-state index is 12.9. The average molecular weight is 409 g/mol. The Morgan fingerprint density at radius 3 is 2.53 bits per heavy atom. The second-order valence-electron chi connectivity index (χ2n) is 7.35. The fraction of sp³-hybridized carbons (Fsp3) is 0.167. The molecule has 0 aliphatic heterocycles. The minimum absolute atomic E-state index is 0.0313. The first kappa shape index (κ1) is 19.9. The number of Topliss-reactive ketones (excluding diaryl/α,β-unsaturated/α-hetero) is 1. The molecule has 0 unspecified atom stereocenters. The maximum Gasteiger partial charge on any atom is 0.416 e. The van der Waals surface area contributed by atoms with Crippen molar-refractivity contribution in [1.82, 2.24) is 4.57 Å². The molecule has 0 saturated heterocycles. The topological polar surface area (TPSA) is 25.9 Å². The molecule has 0 aliphatic rings. The van der Waals surface area contributed by atoms with E-state index in [1.807, 2.05) is 42.1 Å². The van der Waals surface area contributed by atoms with Crippen LogP contribution < -0.4 is 4.57 Å². The molecule has 3 nitrogen and oxygen atoms in total. The number of aryl methyl sites for hydroxylation is 1. The van der Waals surface area contributed by atoms with Gasteiger partial charge in [0.1, 0.15) is 5.52 Å². The van der Waals surface area contributed by atoms with E-state index < -0.39 is 11.7 Å². The summed E-state index contributed by atoms with van der Waals surface area (Å²) < 4.78 is 42.5. The third-order valence-corrected chi connectivity index (χ3v) is 5.15. The van der Waals surface area contributed by atoms with Gasteiger partial charge in [0.05, 0.1) is 5.56 Å². The standard InChI is InChI=1S/C24H20F3N2O/c1-28-14-19(12-17-6-3-2-4-7-17)21-10-11-29(15-22(21)28)16-23(30)18-8-5-9-20(13-18)24(25,26)27/h2-11,13-15H,12,16H2,1H3/q+1. The van der Waals surface area contributed by atoms with Crippen molar-refractivity contribution < 1.29 is 22.5 Å². The molecule has 4 aromatic rings. The molecule has 0 saturated carbocycles. The molecule has 0 atom stereocenters. The Balaban J connectivity index is 1.59. The molecule has 4 rings (SSSR count). The minimum atomic E-state index is -4.47. The molecule has 0 bridgehead atoms. The van der Waals surface area contributed by atoms with E-state index in [0.717, 1.165) is 29.5 Å². The highest BCUT2D eigenvalue weighted by molar-refractivity contribution is 5.95. The van der Waals surface area contributed by atoms with Gasteiger partial charge in [0, 0.05) is 30.3 Å². The molecule has 30 heavy (non-hydrogen) atoms. The van der Waals surface area contributed by atoms with Crippen molar-refractivity contribution in [3.05, 3.63) is 102 Å². The van der Waals surface area contributed by atoms with Crippen molar-refractivity contribution in [2.24, 2.45) is 7.05 Å². The quantitative estimate of drug-likeness (QED) is 0.338. The number of fused-ring (bicyclic) bond motifs is 1. The van der Waals surface area contributed by atoms with Crippen molar-refractivity contribution in [1.29, 1.82) is 0 Å². The van der Waals surface area contributed by atoms with E-state index in [0.29, 0.717) is 0 Å². The SMILES string of the molecule is Cn1cc(Cc2ccccc2)c2cc[n+](CC(=O)c3cccc(C(F)(F)F)c3)cc21. The fourth-order valence-electron chi connectivity index (χ4n) is 3.63. The van der Waals surface area contributed by atoms with Gasteiger partial charge in [-0.25, -0.2) is 0 Å². The maximum atomic E-state index is 12.9. The van der Waals surface area contributed by atoms with Crippen LogP contribution >= 0.6 is 0 Å². The molecular weight excluding hydrogens is 389 g/mol. The highest BCUT2D eigenvalue weighted by Gasteiger charge is 2.31. The Morgan fingerprint density at radius 2 is 1.80 bits per heavy atom.